The molecule has 3 aromatic rings. The van der Waals surface area contributed by atoms with Crippen LogP contribution < -0.4 is 4.74 Å². The van der Waals surface area contributed by atoms with Crippen LogP contribution in [0.3, 0.4) is 0 Å². The quantitative estimate of drug-likeness (QED) is 0.680. The Morgan fingerprint density at radius 2 is 1.95 bits per heavy atom. The van der Waals surface area contributed by atoms with Gasteiger partial charge in [-0.1, -0.05) is 17.3 Å². The minimum absolute atomic E-state index is 0.272. The van der Waals surface area contributed by atoms with Crippen molar-refractivity contribution in [2.75, 3.05) is 13.2 Å². The van der Waals surface area contributed by atoms with E-state index in [1.807, 2.05) is 53.2 Å². The largest absolute Gasteiger partial charge is 0.491 e. The van der Waals surface area contributed by atoms with E-state index in [1.165, 1.54) is 0 Å². The molecular formula is C15H13N3O2. The Morgan fingerprint density at radius 3 is 2.75 bits per heavy atom. The fourth-order valence-electron chi connectivity index (χ4n) is 2.10. The van der Waals surface area contributed by atoms with Crippen molar-refractivity contribution in [3.05, 3.63) is 48.5 Å². The van der Waals surface area contributed by atoms with Crippen LogP contribution in [0.25, 0.3) is 16.7 Å². The van der Waals surface area contributed by atoms with Crippen LogP contribution in [0.1, 0.15) is 0 Å². The van der Waals surface area contributed by atoms with Gasteiger partial charge in [0.25, 0.3) is 0 Å². The molecule has 2 heterocycles. The maximum Gasteiger partial charge on any atom is 0.119 e. The van der Waals surface area contributed by atoms with Gasteiger partial charge in [0.15, 0.2) is 0 Å². The molecule has 0 radical (unpaired) electrons. The normalized spacial score (nSPS) is 17.3. The molecule has 1 aromatic heterocycles. The third kappa shape index (κ3) is 2.12. The molecule has 1 aliphatic rings. The van der Waals surface area contributed by atoms with Gasteiger partial charge in [-0.15, -0.1) is 5.10 Å². The molecule has 0 aliphatic carbocycles. The Hall–Kier alpha value is -2.40. The number of rotatable bonds is 4. The van der Waals surface area contributed by atoms with Gasteiger partial charge >= 0.3 is 0 Å². The van der Waals surface area contributed by atoms with Crippen molar-refractivity contribution < 1.29 is 9.47 Å². The summed E-state index contributed by atoms with van der Waals surface area (Å²) in [5.74, 6) is 0.841. The van der Waals surface area contributed by atoms with Crippen LogP contribution in [0.2, 0.25) is 0 Å². The second-order valence-corrected chi connectivity index (χ2v) is 4.75. The van der Waals surface area contributed by atoms with Crippen molar-refractivity contribution in [3.8, 4) is 11.4 Å². The van der Waals surface area contributed by atoms with Gasteiger partial charge in [-0.25, -0.2) is 4.68 Å². The number of benzene rings is 2. The summed E-state index contributed by atoms with van der Waals surface area (Å²) in [5, 5.41) is 8.34. The molecule has 1 atom stereocenters. The molecule has 0 amide bonds. The molecule has 20 heavy (non-hydrogen) atoms. The van der Waals surface area contributed by atoms with Gasteiger partial charge in [-0.05, 0) is 36.4 Å². The number of hydrogen-bond acceptors (Lipinski definition) is 4. The van der Waals surface area contributed by atoms with Crippen LogP contribution in [-0.4, -0.2) is 34.3 Å². The standard InChI is InChI=1S/C15H13N3O2/c1-2-4-15-14(3-1)16-17-18(15)11-5-7-12(8-6-11)19-9-13-10-20-13/h1-8,13H,9-10H2. The highest BCUT2D eigenvalue weighted by molar-refractivity contribution is 5.75. The first-order valence-corrected chi connectivity index (χ1v) is 6.55. The van der Waals surface area contributed by atoms with Crippen molar-refractivity contribution >= 4 is 11.0 Å². The van der Waals surface area contributed by atoms with E-state index in [9.17, 15) is 0 Å². The van der Waals surface area contributed by atoms with Crippen molar-refractivity contribution in [2.45, 2.75) is 6.10 Å². The molecule has 0 saturated carbocycles. The molecule has 4 rings (SSSR count). The molecule has 1 fully saturated rings. The summed E-state index contributed by atoms with van der Waals surface area (Å²) in [6.45, 7) is 1.43. The van der Waals surface area contributed by atoms with Crippen LogP contribution in [0, 0.1) is 0 Å². The predicted molar refractivity (Wildman–Crippen MR) is 74.1 cm³/mol. The van der Waals surface area contributed by atoms with Gasteiger partial charge in [-0.3, -0.25) is 0 Å². The fraction of sp³-hybridized carbons (Fsp3) is 0.200. The van der Waals surface area contributed by atoms with E-state index in [0.29, 0.717) is 6.61 Å². The van der Waals surface area contributed by atoms with Gasteiger partial charge in [-0.2, -0.15) is 0 Å². The molecule has 0 spiro atoms. The SMILES string of the molecule is c1ccc2c(c1)nnn2-c1ccc(OCC2CO2)cc1. The zero-order valence-electron chi connectivity index (χ0n) is 10.8. The lowest BCUT2D eigenvalue weighted by molar-refractivity contribution is 0.263. The highest BCUT2D eigenvalue weighted by Crippen LogP contribution is 2.20. The summed E-state index contributed by atoms with van der Waals surface area (Å²) in [6, 6.07) is 15.7. The molecular weight excluding hydrogens is 254 g/mol. The molecule has 5 nitrogen and oxygen atoms in total. The number of nitrogens with zero attached hydrogens (tertiary/aromatic N) is 3. The van der Waals surface area contributed by atoms with Crippen LogP contribution in [0.15, 0.2) is 48.5 Å². The number of fused-ring (bicyclic) bond motifs is 1. The fourth-order valence-corrected chi connectivity index (χ4v) is 2.10. The molecule has 5 heteroatoms. The van der Waals surface area contributed by atoms with Gasteiger partial charge in [0.1, 0.15) is 24.0 Å². The lowest BCUT2D eigenvalue weighted by Gasteiger charge is -2.06. The molecule has 1 saturated heterocycles. The van der Waals surface area contributed by atoms with Gasteiger partial charge in [0.2, 0.25) is 0 Å². The number of epoxide rings is 1. The van der Waals surface area contributed by atoms with Crippen molar-refractivity contribution in [1.29, 1.82) is 0 Å². The van der Waals surface area contributed by atoms with E-state index >= 15 is 0 Å². The van der Waals surface area contributed by atoms with E-state index in [4.69, 9.17) is 9.47 Å². The first-order valence-electron chi connectivity index (χ1n) is 6.55. The van der Waals surface area contributed by atoms with E-state index in [0.717, 1.165) is 29.1 Å². The lowest BCUT2D eigenvalue weighted by Crippen LogP contribution is -2.04. The number of ether oxygens (including phenoxy) is 2. The van der Waals surface area contributed by atoms with E-state index in [-0.39, 0.29) is 6.10 Å². The summed E-state index contributed by atoms with van der Waals surface area (Å²) in [7, 11) is 0. The Balaban J connectivity index is 1.61. The summed E-state index contributed by atoms with van der Waals surface area (Å²) in [4.78, 5) is 0. The molecule has 1 unspecified atom stereocenters. The van der Waals surface area contributed by atoms with Crippen LogP contribution >= 0.6 is 0 Å². The number of hydrogen-bond donors (Lipinski definition) is 0. The maximum atomic E-state index is 5.62. The average Bonchev–Trinajstić information content (AvgIpc) is 3.23. The van der Waals surface area contributed by atoms with Crippen LogP contribution in [0.5, 0.6) is 5.75 Å². The Morgan fingerprint density at radius 1 is 1.15 bits per heavy atom. The number of aromatic nitrogens is 3. The summed E-state index contributed by atoms with van der Waals surface area (Å²) >= 11 is 0. The monoisotopic (exact) mass is 267 g/mol. The molecule has 1 aliphatic heterocycles. The highest BCUT2D eigenvalue weighted by atomic mass is 16.6. The lowest BCUT2D eigenvalue weighted by atomic mass is 10.2. The predicted octanol–water partition coefficient (Wildman–Crippen LogP) is 2.20. The van der Waals surface area contributed by atoms with Crippen LogP contribution in [-0.2, 0) is 4.74 Å². The Bertz CT molecular complexity index is 732. The molecule has 0 N–H and O–H groups in total. The Labute approximate surface area is 115 Å². The first-order chi connectivity index (χ1) is 9.90. The third-order valence-electron chi connectivity index (χ3n) is 3.27. The van der Waals surface area contributed by atoms with Crippen molar-refractivity contribution in [1.82, 2.24) is 15.0 Å². The zero-order chi connectivity index (χ0) is 13.4. The van der Waals surface area contributed by atoms with Gasteiger partial charge in [0, 0.05) is 0 Å². The summed E-state index contributed by atoms with van der Waals surface area (Å²) in [6.07, 6.45) is 0.272. The van der Waals surface area contributed by atoms with Crippen molar-refractivity contribution in [3.63, 3.8) is 0 Å². The smallest absolute Gasteiger partial charge is 0.119 e. The van der Waals surface area contributed by atoms with Gasteiger partial charge in [0.05, 0.1) is 17.8 Å². The third-order valence-corrected chi connectivity index (χ3v) is 3.27. The van der Waals surface area contributed by atoms with E-state index in [1.54, 1.807) is 0 Å². The molecule has 2 aromatic carbocycles. The highest BCUT2D eigenvalue weighted by Gasteiger charge is 2.22. The minimum atomic E-state index is 0.272. The topological polar surface area (TPSA) is 52.5 Å². The number of para-hydroxylation sites is 1. The second-order valence-electron chi connectivity index (χ2n) is 4.75. The van der Waals surface area contributed by atoms with Gasteiger partial charge < -0.3 is 9.47 Å². The zero-order valence-corrected chi connectivity index (χ0v) is 10.8. The minimum Gasteiger partial charge on any atom is -0.491 e. The Kier molecular flexibility index (Phi) is 2.63. The summed E-state index contributed by atoms with van der Waals surface area (Å²) < 4.78 is 12.6. The van der Waals surface area contributed by atoms with E-state index < -0.39 is 0 Å². The second kappa shape index (κ2) is 4.61. The molecule has 100 valence electrons. The first kappa shape index (κ1) is 11.4. The summed E-state index contributed by atoms with van der Waals surface area (Å²) in [5.41, 5.74) is 2.85. The average molecular weight is 267 g/mol. The van der Waals surface area contributed by atoms with Crippen molar-refractivity contribution in [2.24, 2.45) is 0 Å². The maximum absolute atomic E-state index is 5.62. The van der Waals surface area contributed by atoms with E-state index in [2.05, 4.69) is 10.3 Å². The molecule has 0 bridgehead atoms. The van der Waals surface area contributed by atoms with Crippen LogP contribution in [0.4, 0.5) is 0 Å².